The van der Waals surface area contributed by atoms with Crippen molar-refractivity contribution in [2.45, 2.75) is 12.4 Å². The third-order valence-corrected chi connectivity index (χ3v) is 4.26. The molecule has 2 aromatic rings. The predicted octanol–water partition coefficient (Wildman–Crippen LogP) is 4.02. The predicted molar refractivity (Wildman–Crippen MR) is 81.5 cm³/mol. The van der Waals surface area contributed by atoms with E-state index in [1.54, 1.807) is 4.90 Å². The molecule has 0 bridgehead atoms. The number of aromatic nitrogens is 1. The molecular formula is C16H15F6N3. The van der Waals surface area contributed by atoms with Crippen LogP contribution in [-0.2, 0) is 12.4 Å². The van der Waals surface area contributed by atoms with E-state index in [0.29, 0.717) is 26.2 Å². The number of nitrogens with zero attached hydrogens (tertiary/aromatic N) is 3. The molecule has 0 saturated carbocycles. The van der Waals surface area contributed by atoms with Crippen LogP contribution in [0.5, 0.6) is 0 Å². The molecule has 3 rings (SSSR count). The maximum Gasteiger partial charge on any atom is 0.433 e. The van der Waals surface area contributed by atoms with Crippen LogP contribution in [0.15, 0.2) is 24.3 Å². The molecular weight excluding hydrogens is 348 g/mol. The molecule has 0 unspecified atom stereocenters. The van der Waals surface area contributed by atoms with Gasteiger partial charge in [0.25, 0.3) is 0 Å². The molecule has 1 aromatic carbocycles. The van der Waals surface area contributed by atoms with Crippen LogP contribution in [0.3, 0.4) is 0 Å². The molecule has 1 aromatic heterocycles. The van der Waals surface area contributed by atoms with Crippen molar-refractivity contribution in [1.82, 2.24) is 9.88 Å². The number of benzene rings is 1. The van der Waals surface area contributed by atoms with Gasteiger partial charge in [-0.3, -0.25) is 0 Å². The van der Waals surface area contributed by atoms with Crippen LogP contribution in [0.4, 0.5) is 32.0 Å². The Balaban J connectivity index is 2.24. The molecule has 3 nitrogen and oxygen atoms in total. The largest absolute Gasteiger partial charge is 0.433 e. The summed E-state index contributed by atoms with van der Waals surface area (Å²) >= 11 is 0. The lowest BCUT2D eigenvalue weighted by molar-refractivity contribution is -0.142. The Kier molecular flexibility index (Phi) is 4.30. The van der Waals surface area contributed by atoms with Gasteiger partial charge in [0.2, 0.25) is 0 Å². The smallest absolute Gasteiger partial charge is 0.368 e. The summed E-state index contributed by atoms with van der Waals surface area (Å²) in [4.78, 5) is 6.99. The molecule has 1 aliphatic heterocycles. The second-order valence-corrected chi connectivity index (χ2v) is 6.01. The first-order valence-corrected chi connectivity index (χ1v) is 7.59. The molecule has 1 fully saturated rings. The van der Waals surface area contributed by atoms with E-state index in [-0.39, 0.29) is 11.1 Å². The van der Waals surface area contributed by atoms with Crippen molar-refractivity contribution in [1.29, 1.82) is 0 Å². The molecule has 0 spiro atoms. The SMILES string of the molecule is CN1CCN(c2cc(C(F)(F)F)nc3c(C(F)(F)F)cccc23)CC1. The van der Waals surface area contributed by atoms with Crippen LogP contribution in [0, 0.1) is 0 Å². The second-order valence-electron chi connectivity index (χ2n) is 6.01. The van der Waals surface area contributed by atoms with E-state index in [1.807, 2.05) is 11.9 Å². The van der Waals surface area contributed by atoms with Crippen molar-refractivity contribution >= 4 is 16.6 Å². The highest BCUT2D eigenvalue weighted by Crippen LogP contribution is 2.40. The van der Waals surface area contributed by atoms with Gasteiger partial charge in [-0.15, -0.1) is 0 Å². The number of likely N-dealkylation sites (N-methyl/N-ethyl adjacent to an activating group) is 1. The Morgan fingerprint density at radius 3 is 2.12 bits per heavy atom. The third-order valence-electron chi connectivity index (χ3n) is 4.26. The van der Waals surface area contributed by atoms with Gasteiger partial charge in [-0.2, -0.15) is 26.3 Å². The van der Waals surface area contributed by atoms with Crippen LogP contribution >= 0.6 is 0 Å². The summed E-state index contributed by atoms with van der Waals surface area (Å²) in [6, 6.07) is 4.17. The van der Waals surface area contributed by atoms with Crippen LogP contribution in [0.2, 0.25) is 0 Å². The average Bonchev–Trinajstić information content (AvgIpc) is 2.52. The van der Waals surface area contributed by atoms with Gasteiger partial charge in [-0.05, 0) is 19.2 Å². The number of anilines is 1. The molecule has 9 heteroatoms. The number of halogens is 6. The van der Waals surface area contributed by atoms with E-state index < -0.39 is 29.1 Å². The Morgan fingerprint density at radius 1 is 0.920 bits per heavy atom. The monoisotopic (exact) mass is 363 g/mol. The van der Waals surface area contributed by atoms with E-state index in [0.717, 1.165) is 12.1 Å². The topological polar surface area (TPSA) is 19.4 Å². The third kappa shape index (κ3) is 3.51. The lowest BCUT2D eigenvalue weighted by atomic mass is 10.1. The molecule has 1 aliphatic rings. The van der Waals surface area contributed by atoms with Gasteiger partial charge < -0.3 is 9.80 Å². The Labute approximate surface area is 139 Å². The summed E-state index contributed by atoms with van der Waals surface area (Å²) in [5, 5.41) is 0.0763. The minimum absolute atomic E-state index is 0.0763. The number of pyridine rings is 1. The number of hydrogen-bond donors (Lipinski definition) is 0. The first kappa shape index (κ1) is 17.8. The first-order chi connectivity index (χ1) is 11.6. The van der Waals surface area contributed by atoms with Crippen molar-refractivity contribution in [3.05, 3.63) is 35.5 Å². The second kappa shape index (κ2) is 6.05. The maximum atomic E-state index is 13.2. The minimum Gasteiger partial charge on any atom is -0.368 e. The lowest BCUT2D eigenvalue weighted by Crippen LogP contribution is -2.44. The number of hydrogen-bond acceptors (Lipinski definition) is 3. The Morgan fingerprint density at radius 2 is 1.56 bits per heavy atom. The van der Waals surface area contributed by atoms with Gasteiger partial charge in [-0.1, -0.05) is 12.1 Å². The number of piperazine rings is 1. The van der Waals surface area contributed by atoms with Gasteiger partial charge in [-0.25, -0.2) is 4.98 Å². The molecule has 0 radical (unpaired) electrons. The fraction of sp³-hybridized carbons (Fsp3) is 0.438. The van der Waals surface area contributed by atoms with Crippen molar-refractivity contribution in [3.63, 3.8) is 0 Å². The Bertz CT molecular complexity index is 776. The summed E-state index contributed by atoms with van der Waals surface area (Å²) in [6.45, 7) is 2.10. The Hall–Kier alpha value is -2.03. The number of rotatable bonds is 1. The van der Waals surface area contributed by atoms with Crippen LogP contribution in [0.1, 0.15) is 11.3 Å². The van der Waals surface area contributed by atoms with Crippen LogP contribution in [0.25, 0.3) is 10.9 Å². The average molecular weight is 363 g/mol. The fourth-order valence-electron chi connectivity index (χ4n) is 2.91. The van der Waals surface area contributed by atoms with Crippen molar-refractivity contribution in [3.8, 4) is 0 Å². The molecule has 25 heavy (non-hydrogen) atoms. The summed E-state index contributed by atoms with van der Waals surface area (Å²) in [5.74, 6) is 0. The van der Waals surface area contributed by atoms with Crippen molar-refractivity contribution in [2.24, 2.45) is 0 Å². The lowest BCUT2D eigenvalue weighted by Gasteiger charge is -2.35. The first-order valence-electron chi connectivity index (χ1n) is 7.59. The highest BCUT2D eigenvalue weighted by Gasteiger charge is 2.38. The molecule has 0 aliphatic carbocycles. The highest BCUT2D eigenvalue weighted by atomic mass is 19.4. The molecule has 1 saturated heterocycles. The van der Waals surface area contributed by atoms with Gasteiger partial charge in [0.1, 0.15) is 5.69 Å². The zero-order valence-electron chi connectivity index (χ0n) is 13.2. The molecule has 2 heterocycles. The zero-order valence-corrected chi connectivity index (χ0v) is 13.2. The normalized spacial score (nSPS) is 17.3. The summed E-state index contributed by atoms with van der Waals surface area (Å²) in [5.41, 5.74) is -3.01. The summed E-state index contributed by atoms with van der Waals surface area (Å²) < 4.78 is 79.2. The quantitative estimate of drug-likeness (QED) is 0.714. The van der Waals surface area contributed by atoms with Gasteiger partial charge in [0, 0.05) is 37.3 Å². The number of alkyl halides is 6. The molecule has 0 amide bonds. The fourth-order valence-corrected chi connectivity index (χ4v) is 2.91. The van der Waals surface area contributed by atoms with E-state index in [1.165, 1.54) is 12.1 Å². The molecule has 0 atom stereocenters. The van der Waals surface area contributed by atoms with Crippen molar-refractivity contribution < 1.29 is 26.3 Å². The number of para-hydroxylation sites is 1. The minimum atomic E-state index is -4.83. The van der Waals surface area contributed by atoms with Crippen molar-refractivity contribution in [2.75, 3.05) is 38.1 Å². The maximum absolute atomic E-state index is 13.2. The molecule has 136 valence electrons. The summed E-state index contributed by atoms with van der Waals surface area (Å²) in [7, 11) is 1.88. The van der Waals surface area contributed by atoms with Gasteiger partial charge >= 0.3 is 12.4 Å². The van der Waals surface area contributed by atoms with Gasteiger partial charge in [0.05, 0.1) is 11.1 Å². The zero-order chi connectivity index (χ0) is 18.4. The van der Waals surface area contributed by atoms with Crippen LogP contribution in [-0.4, -0.2) is 43.1 Å². The standard InChI is InChI=1S/C16H15F6N3/c1-24-5-7-25(8-6-24)12-9-13(16(20,21)22)23-14-10(12)3-2-4-11(14)15(17,18)19/h2-4,9H,5-8H2,1H3. The summed E-state index contributed by atoms with van der Waals surface area (Å²) in [6.07, 6.45) is -9.61. The van der Waals surface area contributed by atoms with E-state index in [2.05, 4.69) is 4.98 Å². The van der Waals surface area contributed by atoms with E-state index in [9.17, 15) is 26.3 Å². The van der Waals surface area contributed by atoms with Gasteiger partial charge in [0.15, 0.2) is 0 Å². The van der Waals surface area contributed by atoms with E-state index >= 15 is 0 Å². The van der Waals surface area contributed by atoms with E-state index in [4.69, 9.17) is 0 Å². The highest BCUT2D eigenvalue weighted by molar-refractivity contribution is 5.94. The molecule has 0 N–H and O–H groups in total. The van der Waals surface area contributed by atoms with Crippen LogP contribution < -0.4 is 4.90 Å². The number of fused-ring (bicyclic) bond motifs is 1.